The van der Waals surface area contributed by atoms with Crippen LogP contribution in [0.1, 0.15) is 37.6 Å². The van der Waals surface area contributed by atoms with E-state index >= 15 is 0 Å². The maximum absolute atomic E-state index is 6.04. The summed E-state index contributed by atoms with van der Waals surface area (Å²) in [6, 6.07) is 18.6. The second kappa shape index (κ2) is 10.1. The van der Waals surface area contributed by atoms with Crippen molar-refractivity contribution < 1.29 is 14.2 Å². The third-order valence-electron chi connectivity index (χ3n) is 7.33. The van der Waals surface area contributed by atoms with Gasteiger partial charge in [0, 0.05) is 30.6 Å². The van der Waals surface area contributed by atoms with Crippen molar-refractivity contribution in [3.63, 3.8) is 0 Å². The highest BCUT2D eigenvalue weighted by Crippen LogP contribution is 2.39. The van der Waals surface area contributed by atoms with E-state index < -0.39 is 0 Å². The molecule has 36 heavy (non-hydrogen) atoms. The summed E-state index contributed by atoms with van der Waals surface area (Å²) >= 11 is 0. The standard InChI is InChI=1S/C29H36N4O3/c1-21(14-30)15-35-25-8-4-22(5-9-25)28(2,3)23-6-10-26(11-7-23)36-16-24-12-13-31-27(32-24)33-17-29(18-33)19-34-20-29/h4-13,21H,14-20,30H2,1-3H3. The molecule has 1 unspecified atom stereocenters. The molecule has 3 heterocycles. The Morgan fingerprint density at radius 1 is 0.972 bits per heavy atom. The number of benzene rings is 2. The second-order valence-corrected chi connectivity index (χ2v) is 10.8. The highest BCUT2D eigenvalue weighted by molar-refractivity contribution is 5.42. The lowest BCUT2D eigenvalue weighted by atomic mass is 9.78. The minimum atomic E-state index is -0.150. The molecule has 0 amide bonds. The summed E-state index contributed by atoms with van der Waals surface area (Å²) < 4.78 is 17.2. The van der Waals surface area contributed by atoms with Crippen LogP contribution in [-0.4, -0.2) is 49.4 Å². The maximum atomic E-state index is 6.04. The van der Waals surface area contributed by atoms with E-state index in [9.17, 15) is 0 Å². The molecule has 0 aliphatic carbocycles. The summed E-state index contributed by atoms with van der Waals surface area (Å²) in [7, 11) is 0. The number of aromatic nitrogens is 2. The third kappa shape index (κ3) is 5.18. The van der Waals surface area contributed by atoms with Crippen LogP contribution in [0.4, 0.5) is 5.95 Å². The molecule has 5 rings (SSSR count). The van der Waals surface area contributed by atoms with E-state index in [4.69, 9.17) is 24.9 Å². The first kappa shape index (κ1) is 24.5. The van der Waals surface area contributed by atoms with Gasteiger partial charge in [-0.3, -0.25) is 0 Å². The summed E-state index contributed by atoms with van der Waals surface area (Å²) in [5.41, 5.74) is 9.19. The Morgan fingerprint density at radius 2 is 1.58 bits per heavy atom. The lowest BCUT2D eigenvalue weighted by Gasteiger charge is -2.54. The molecule has 2 aliphatic rings. The van der Waals surface area contributed by atoms with Crippen LogP contribution in [0.25, 0.3) is 0 Å². The molecular formula is C29H36N4O3. The summed E-state index contributed by atoms with van der Waals surface area (Å²) in [5, 5.41) is 0. The molecule has 1 atom stereocenters. The van der Waals surface area contributed by atoms with Gasteiger partial charge >= 0.3 is 0 Å². The van der Waals surface area contributed by atoms with Crippen molar-refractivity contribution in [2.45, 2.75) is 32.8 Å². The van der Waals surface area contributed by atoms with Gasteiger partial charge in [0.1, 0.15) is 18.1 Å². The van der Waals surface area contributed by atoms with Gasteiger partial charge in [0.2, 0.25) is 5.95 Å². The van der Waals surface area contributed by atoms with Gasteiger partial charge in [-0.15, -0.1) is 0 Å². The fraction of sp³-hybridized carbons (Fsp3) is 0.448. The number of nitrogens with zero attached hydrogens (tertiary/aromatic N) is 3. The smallest absolute Gasteiger partial charge is 0.225 e. The molecule has 1 aromatic heterocycles. The van der Waals surface area contributed by atoms with Crippen molar-refractivity contribution in [1.82, 2.24) is 9.97 Å². The molecule has 2 N–H and O–H groups in total. The van der Waals surface area contributed by atoms with Crippen LogP contribution in [0.5, 0.6) is 11.5 Å². The van der Waals surface area contributed by atoms with E-state index in [1.807, 2.05) is 36.5 Å². The Balaban J connectivity index is 1.17. The van der Waals surface area contributed by atoms with Crippen molar-refractivity contribution in [3.05, 3.63) is 77.6 Å². The van der Waals surface area contributed by atoms with E-state index in [0.29, 0.717) is 31.1 Å². The van der Waals surface area contributed by atoms with Crippen molar-refractivity contribution in [1.29, 1.82) is 0 Å². The molecule has 7 heteroatoms. The summed E-state index contributed by atoms with van der Waals surface area (Å²) in [5.74, 6) is 2.81. The van der Waals surface area contributed by atoms with Crippen LogP contribution in [-0.2, 0) is 16.8 Å². The van der Waals surface area contributed by atoms with Gasteiger partial charge in [-0.2, -0.15) is 0 Å². The second-order valence-electron chi connectivity index (χ2n) is 10.8. The van der Waals surface area contributed by atoms with E-state index in [0.717, 1.165) is 49.4 Å². The predicted octanol–water partition coefficient (Wildman–Crippen LogP) is 4.19. The number of hydrogen-bond acceptors (Lipinski definition) is 7. The zero-order valence-electron chi connectivity index (χ0n) is 21.4. The van der Waals surface area contributed by atoms with Gasteiger partial charge in [0.05, 0.1) is 30.9 Å². The predicted molar refractivity (Wildman–Crippen MR) is 141 cm³/mol. The topological polar surface area (TPSA) is 82.7 Å². The van der Waals surface area contributed by atoms with Crippen molar-refractivity contribution in [2.75, 3.05) is 44.4 Å². The van der Waals surface area contributed by atoms with Crippen LogP contribution in [0, 0.1) is 11.3 Å². The summed E-state index contributed by atoms with van der Waals surface area (Å²) in [6.07, 6.45) is 1.81. The highest BCUT2D eigenvalue weighted by atomic mass is 16.5. The molecule has 1 spiro atoms. The monoisotopic (exact) mass is 488 g/mol. The minimum absolute atomic E-state index is 0.150. The summed E-state index contributed by atoms with van der Waals surface area (Å²) in [6.45, 7) is 11.9. The molecule has 0 saturated carbocycles. The first-order valence-electron chi connectivity index (χ1n) is 12.7. The zero-order chi connectivity index (χ0) is 25.2. The maximum Gasteiger partial charge on any atom is 0.225 e. The average molecular weight is 489 g/mol. The van der Waals surface area contributed by atoms with Crippen molar-refractivity contribution in [2.24, 2.45) is 17.1 Å². The van der Waals surface area contributed by atoms with E-state index in [-0.39, 0.29) is 5.41 Å². The van der Waals surface area contributed by atoms with E-state index in [2.05, 4.69) is 54.9 Å². The Bertz CT molecular complexity index is 1150. The van der Waals surface area contributed by atoms with Gasteiger partial charge in [-0.25, -0.2) is 9.97 Å². The lowest BCUT2D eigenvalue weighted by Crippen LogP contribution is -2.66. The van der Waals surface area contributed by atoms with Crippen molar-refractivity contribution >= 4 is 5.95 Å². The molecule has 2 aromatic carbocycles. The quantitative estimate of drug-likeness (QED) is 0.458. The molecule has 3 aromatic rings. The molecule has 0 bridgehead atoms. The van der Waals surface area contributed by atoms with Gasteiger partial charge in [0.25, 0.3) is 0 Å². The Kier molecular flexibility index (Phi) is 6.86. The highest BCUT2D eigenvalue weighted by Gasteiger charge is 2.49. The van der Waals surface area contributed by atoms with Gasteiger partial charge in [-0.05, 0) is 48.0 Å². The number of nitrogens with two attached hydrogens (primary N) is 1. The fourth-order valence-corrected chi connectivity index (χ4v) is 4.66. The van der Waals surface area contributed by atoms with Crippen molar-refractivity contribution in [3.8, 4) is 11.5 Å². The average Bonchev–Trinajstić information content (AvgIpc) is 2.85. The molecular weight excluding hydrogens is 452 g/mol. The molecule has 2 fully saturated rings. The number of rotatable bonds is 10. The van der Waals surface area contributed by atoms with Crippen LogP contribution < -0.4 is 20.1 Å². The minimum Gasteiger partial charge on any atom is -0.493 e. The number of anilines is 1. The summed E-state index contributed by atoms with van der Waals surface area (Å²) in [4.78, 5) is 11.3. The van der Waals surface area contributed by atoms with Crippen LogP contribution in [0.15, 0.2) is 60.8 Å². The normalized spacial score (nSPS) is 17.3. The lowest BCUT2D eigenvalue weighted by molar-refractivity contribution is -0.127. The number of ether oxygens (including phenoxy) is 3. The number of hydrogen-bond donors (Lipinski definition) is 1. The Labute approximate surface area is 213 Å². The van der Waals surface area contributed by atoms with Gasteiger partial charge < -0.3 is 24.8 Å². The first-order valence-corrected chi connectivity index (χ1v) is 12.7. The molecule has 2 saturated heterocycles. The largest absolute Gasteiger partial charge is 0.493 e. The zero-order valence-corrected chi connectivity index (χ0v) is 21.4. The van der Waals surface area contributed by atoms with Crippen LogP contribution in [0.3, 0.4) is 0 Å². The molecule has 7 nitrogen and oxygen atoms in total. The van der Waals surface area contributed by atoms with E-state index in [1.54, 1.807) is 0 Å². The van der Waals surface area contributed by atoms with Gasteiger partial charge in [0.15, 0.2) is 0 Å². The Morgan fingerprint density at radius 3 is 2.14 bits per heavy atom. The molecule has 0 radical (unpaired) electrons. The van der Waals surface area contributed by atoms with Crippen LogP contribution >= 0.6 is 0 Å². The third-order valence-corrected chi connectivity index (χ3v) is 7.33. The van der Waals surface area contributed by atoms with E-state index in [1.165, 1.54) is 11.1 Å². The Hall–Kier alpha value is -3.16. The van der Waals surface area contributed by atoms with Crippen LogP contribution in [0.2, 0.25) is 0 Å². The SMILES string of the molecule is CC(CN)COc1ccc(C(C)(C)c2ccc(OCc3ccnc(N4CC5(COC5)C4)n3)cc2)cc1. The van der Waals surface area contributed by atoms with Gasteiger partial charge in [-0.1, -0.05) is 45.0 Å². The first-order chi connectivity index (χ1) is 17.4. The fourth-order valence-electron chi connectivity index (χ4n) is 4.66. The molecule has 190 valence electrons. The molecule has 2 aliphatic heterocycles.